The number of nitrogens with zero attached hydrogens (tertiary/aromatic N) is 5. The lowest BCUT2D eigenvalue weighted by Crippen LogP contribution is -2.41. The summed E-state index contributed by atoms with van der Waals surface area (Å²) in [4.78, 5) is 0. The third-order valence-corrected chi connectivity index (χ3v) is 7.28. The van der Waals surface area contributed by atoms with Gasteiger partial charge in [0.1, 0.15) is 5.54 Å². The number of aromatic nitrogens is 5. The van der Waals surface area contributed by atoms with Gasteiger partial charge in [0.25, 0.3) is 0 Å². The second-order valence-corrected chi connectivity index (χ2v) is 10.0. The Morgan fingerprint density at radius 1 is 0.944 bits per heavy atom. The molecule has 0 bridgehead atoms. The largest absolute Gasteiger partial charge is 0.352 e. The summed E-state index contributed by atoms with van der Waals surface area (Å²) in [6.45, 7) is 2.07. The first kappa shape index (κ1) is 22.8. The fourth-order valence-electron chi connectivity index (χ4n) is 5.12. The van der Waals surface area contributed by atoms with Gasteiger partial charge in [-0.05, 0) is 82.1 Å². The van der Waals surface area contributed by atoms with Gasteiger partial charge in [-0.2, -0.15) is 4.68 Å². The van der Waals surface area contributed by atoms with Crippen LogP contribution in [0.1, 0.15) is 39.6 Å². The number of hydrogen-bond donors (Lipinski definition) is 2. The maximum atomic E-state index is 7.39. The van der Waals surface area contributed by atoms with Gasteiger partial charge in [0.15, 0.2) is 0 Å². The standard InChI is InChI=1S/C27H23Cl2N7/c1-16-12-24(35(2)15-16)27(30,18-6-9-20(28)10-7-18)19-8-11-23-22(14-19)25(17-4-3-5-21(29)13-17)31-26-32-33-34-36(23)26/h3-15,25H,30H2,1-2H3,(H,31,32,34)/t25?,27-/m1/s1. The van der Waals surface area contributed by atoms with Gasteiger partial charge in [-0.3, -0.25) is 0 Å². The van der Waals surface area contributed by atoms with E-state index in [0.29, 0.717) is 16.0 Å². The highest BCUT2D eigenvalue weighted by molar-refractivity contribution is 6.30. The average Bonchev–Trinajstić information content (AvgIpc) is 3.49. The summed E-state index contributed by atoms with van der Waals surface area (Å²) in [5, 5.41) is 17.0. The van der Waals surface area contributed by atoms with Crippen LogP contribution in [-0.2, 0) is 12.6 Å². The van der Waals surface area contributed by atoms with Crippen LogP contribution >= 0.6 is 23.2 Å². The second kappa shape index (κ2) is 8.48. The molecule has 180 valence electrons. The summed E-state index contributed by atoms with van der Waals surface area (Å²) in [5.41, 5.74) is 13.3. The first-order chi connectivity index (χ1) is 17.3. The number of aryl methyl sites for hydroxylation is 2. The van der Waals surface area contributed by atoms with E-state index in [1.54, 1.807) is 4.68 Å². The van der Waals surface area contributed by atoms with Crippen molar-refractivity contribution in [1.29, 1.82) is 0 Å². The van der Waals surface area contributed by atoms with E-state index in [4.69, 9.17) is 28.9 Å². The van der Waals surface area contributed by atoms with Crippen molar-refractivity contribution in [2.75, 3.05) is 5.32 Å². The third-order valence-electron chi connectivity index (χ3n) is 6.79. The van der Waals surface area contributed by atoms with E-state index in [1.165, 1.54) is 0 Å². The summed E-state index contributed by atoms with van der Waals surface area (Å²) in [6, 6.07) is 23.6. The van der Waals surface area contributed by atoms with E-state index in [9.17, 15) is 0 Å². The number of benzene rings is 3. The van der Waals surface area contributed by atoms with E-state index in [2.05, 4.69) is 50.7 Å². The summed E-state index contributed by atoms with van der Waals surface area (Å²) >= 11 is 12.6. The Kier molecular flexibility index (Phi) is 5.37. The van der Waals surface area contributed by atoms with Gasteiger partial charge in [-0.25, -0.2) is 0 Å². The minimum Gasteiger partial charge on any atom is -0.352 e. The number of hydrogen-bond acceptors (Lipinski definition) is 5. The molecule has 7 nitrogen and oxygen atoms in total. The van der Waals surface area contributed by atoms with Gasteiger partial charge in [0.05, 0.1) is 11.7 Å². The monoisotopic (exact) mass is 515 g/mol. The molecular formula is C27H23Cl2N7. The van der Waals surface area contributed by atoms with Crippen LogP contribution in [0.15, 0.2) is 79.0 Å². The molecule has 36 heavy (non-hydrogen) atoms. The normalized spacial score (nSPS) is 16.1. The molecule has 3 N–H and O–H groups in total. The van der Waals surface area contributed by atoms with Gasteiger partial charge in [0, 0.05) is 34.5 Å². The molecule has 3 heterocycles. The summed E-state index contributed by atoms with van der Waals surface area (Å²) < 4.78 is 3.78. The van der Waals surface area contributed by atoms with Gasteiger partial charge < -0.3 is 15.6 Å². The van der Waals surface area contributed by atoms with Crippen molar-refractivity contribution in [2.45, 2.75) is 18.5 Å². The number of nitrogens with one attached hydrogen (secondary N) is 1. The van der Waals surface area contributed by atoms with E-state index in [0.717, 1.165) is 39.2 Å². The molecule has 1 aliphatic heterocycles. The van der Waals surface area contributed by atoms with Gasteiger partial charge >= 0.3 is 0 Å². The van der Waals surface area contributed by atoms with Crippen LogP contribution in [0.25, 0.3) is 5.69 Å². The second-order valence-electron chi connectivity index (χ2n) is 9.15. The number of fused-ring (bicyclic) bond motifs is 3. The fourth-order valence-corrected chi connectivity index (χ4v) is 5.44. The first-order valence-electron chi connectivity index (χ1n) is 11.5. The molecule has 0 radical (unpaired) electrons. The Labute approximate surface area is 218 Å². The Morgan fingerprint density at radius 3 is 2.44 bits per heavy atom. The van der Waals surface area contributed by atoms with E-state index in [1.807, 2.05) is 67.7 Å². The van der Waals surface area contributed by atoms with Crippen LogP contribution in [0.5, 0.6) is 0 Å². The molecule has 0 amide bonds. The highest BCUT2D eigenvalue weighted by Gasteiger charge is 2.37. The molecule has 3 aromatic carbocycles. The van der Waals surface area contributed by atoms with Crippen LogP contribution < -0.4 is 11.1 Å². The van der Waals surface area contributed by atoms with Gasteiger partial charge in [0.2, 0.25) is 5.95 Å². The predicted octanol–water partition coefficient (Wildman–Crippen LogP) is 5.38. The lowest BCUT2D eigenvalue weighted by atomic mass is 9.79. The van der Waals surface area contributed by atoms with Crippen molar-refractivity contribution in [3.63, 3.8) is 0 Å². The molecule has 1 unspecified atom stereocenters. The summed E-state index contributed by atoms with van der Waals surface area (Å²) in [5.74, 6) is 0.565. The highest BCUT2D eigenvalue weighted by atomic mass is 35.5. The Hall–Kier alpha value is -3.65. The number of nitrogens with two attached hydrogens (primary N) is 1. The predicted molar refractivity (Wildman–Crippen MR) is 142 cm³/mol. The zero-order chi connectivity index (χ0) is 25.0. The Balaban J connectivity index is 1.60. The molecule has 9 heteroatoms. The lowest BCUT2D eigenvalue weighted by Gasteiger charge is -2.34. The molecule has 0 spiro atoms. The molecule has 6 rings (SSSR count). The van der Waals surface area contributed by atoms with Gasteiger partial charge in [-0.1, -0.05) is 58.6 Å². The number of rotatable bonds is 4. The molecule has 5 aromatic rings. The molecule has 0 aliphatic carbocycles. The molecule has 0 saturated heterocycles. The maximum Gasteiger partial charge on any atom is 0.248 e. The molecule has 0 fully saturated rings. The van der Waals surface area contributed by atoms with E-state index >= 15 is 0 Å². The summed E-state index contributed by atoms with van der Waals surface area (Å²) in [7, 11) is 2.02. The lowest BCUT2D eigenvalue weighted by molar-refractivity contribution is 0.594. The minimum atomic E-state index is -0.942. The molecule has 1 aliphatic rings. The van der Waals surface area contributed by atoms with Crippen molar-refractivity contribution >= 4 is 29.2 Å². The fraction of sp³-hybridized carbons (Fsp3) is 0.148. The van der Waals surface area contributed by atoms with E-state index < -0.39 is 5.54 Å². The van der Waals surface area contributed by atoms with Crippen LogP contribution in [0.4, 0.5) is 5.95 Å². The number of halogens is 2. The van der Waals surface area contributed by atoms with Crippen LogP contribution in [0.2, 0.25) is 10.0 Å². The zero-order valence-corrected chi connectivity index (χ0v) is 21.2. The first-order valence-corrected chi connectivity index (χ1v) is 12.2. The zero-order valence-electron chi connectivity index (χ0n) is 19.7. The minimum absolute atomic E-state index is 0.221. The molecular weight excluding hydrogens is 493 g/mol. The highest BCUT2D eigenvalue weighted by Crippen LogP contribution is 2.41. The van der Waals surface area contributed by atoms with Crippen molar-refractivity contribution in [1.82, 2.24) is 24.8 Å². The quantitative estimate of drug-likeness (QED) is 0.335. The Bertz CT molecular complexity index is 1590. The maximum absolute atomic E-state index is 7.39. The number of tetrazole rings is 1. The summed E-state index contributed by atoms with van der Waals surface area (Å²) in [6.07, 6.45) is 2.08. The number of anilines is 1. The van der Waals surface area contributed by atoms with Gasteiger partial charge in [-0.15, -0.1) is 0 Å². The Morgan fingerprint density at radius 2 is 1.72 bits per heavy atom. The van der Waals surface area contributed by atoms with E-state index in [-0.39, 0.29) is 6.04 Å². The SMILES string of the molecule is Cc1cc([C@@](N)(c2ccc(Cl)cc2)c2ccc3c(c2)C(c2cccc(Cl)c2)Nc2nnnn2-3)n(C)c1. The third kappa shape index (κ3) is 3.59. The van der Waals surface area contributed by atoms with Crippen molar-refractivity contribution in [2.24, 2.45) is 12.8 Å². The van der Waals surface area contributed by atoms with Crippen LogP contribution in [-0.4, -0.2) is 24.8 Å². The smallest absolute Gasteiger partial charge is 0.248 e. The molecule has 2 aromatic heterocycles. The van der Waals surface area contributed by atoms with Crippen molar-refractivity contribution in [3.05, 3.63) is 123 Å². The van der Waals surface area contributed by atoms with Crippen LogP contribution in [0, 0.1) is 6.92 Å². The topological polar surface area (TPSA) is 86.6 Å². The average molecular weight is 516 g/mol. The van der Waals surface area contributed by atoms with Crippen molar-refractivity contribution < 1.29 is 0 Å². The van der Waals surface area contributed by atoms with Crippen LogP contribution in [0.3, 0.4) is 0 Å². The molecule has 0 saturated carbocycles. The van der Waals surface area contributed by atoms with Crippen molar-refractivity contribution in [3.8, 4) is 5.69 Å². The molecule has 2 atom stereocenters.